The SMILES string of the molecule is CCc1cccc(CC)c1N1CCCC1CC(=O)O. The molecule has 1 aliphatic heterocycles. The van der Waals surface area contributed by atoms with Gasteiger partial charge in [0.1, 0.15) is 0 Å². The number of hydrogen-bond acceptors (Lipinski definition) is 2. The number of carboxylic acids is 1. The molecule has 1 fully saturated rings. The molecule has 0 amide bonds. The van der Waals surface area contributed by atoms with Crippen LogP contribution in [0.1, 0.15) is 44.2 Å². The summed E-state index contributed by atoms with van der Waals surface area (Å²) in [4.78, 5) is 13.4. The molecule has 0 aromatic heterocycles. The number of benzene rings is 1. The van der Waals surface area contributed by atoms with Gasteiger partial charge < -0.3 is 10.0 Å². The first-order chi connectivity index (χ1) is 9.17. The van der Waals surface area contributed by atoms with Crippen LogP contribution in [0.15, 0.2) is 18.2 Å². The highest BCUT2D eigenvalue weighted by Crippen LogP contribution is 2.33. The second kappa shape index (κ2) is 6.09. The largest absolute Gasteiger partial charge is 0.481 e. The lowest BCUT2D eigenvalue weighted by Gasteiger charge is -2.30. The summed E-state index contributed by atoms with van der Waals surface area (Å²) in [7, 11) is 0. The fourth-order valence-corrected chi connectivity index (χ4v) is 3.13. The Morgan fingerprint density at radius 1 is 1.32 bits per heavy atom. The summed E-state index contributed by atoms with van der Waals surface area (Å²) in [6.07, 6.45) is 4.34. The molecule has 0 aliphatic carbocycles. The van der Waals surface area contributed by atoms with Crippen LogP contribution in [0.25, 0.3) is 0 Å². The Morgan fingerprint density at radius 2 is 1.95 bits per heavy atom. The standard InChI is InChI=1S/C16H23NO2/c1-3-12-7-5-8-13(4-2)16(12)17-10-6-9-14(17)11-15(18)19/h5,7-8,14H,3-4,6,9-11H2,1-2H3,(H,18,19). The van der Waals surface area contributed by atoms with E-state index in [9.17, 15) is 4.79 Å². The number of nitrogens with zero attached hydrogens (tertiary/aromatic N) is 1. The van der Waals surface area contributed by atoms with Gasteiger partial charge in [-0.3, -0.25) is 4.79 Å². The average molecular weight is 261 g/mol. The number of rotatable bonds is 5. The summed E-state index contributed by atoms with van der Waals surface area (Å²) in [5, 5.41) is 9.06. The Morgan fingerprint density at radius 3 is 2.47 bits per heavy atom. The summed E-state index contributed by atoms with van der Waals surface area (Å²) in [5.74, 6) is -0.691. The van der Waals surface area contributed by atoms with Crippen LogP contribution in [0.2, 0.25) is 0 Å². The van der Waals surface area contributed by atoms with Gasteiger partial charge in [-0.2, -0.15) is 0 Å². The smallest absolute Gasteiger partial charge is 0.305 e. The molecule has 1 saturated heterocycles. The van der Waals surface area contributed by atoms with Crippen LogP contribution in [-0.4, -0.2) is 23.7 Å². The third-order valence-corrected chi connectivity index (χ3v) is 4.04. The molecule has 19 heavy (non-hydrogen) atoms. The van der Waals surface area contributed by atoms with Gasteiger partial charge in [-0.15, -0.1) is 0 Å². The quantitative estimate of drug-likeness (QED) is 0.884. The van der Waals surface area contributed by atoms with Gasteiger partial charge in [0.05, 0.1) is 6.42 Å². The molecule has 0 saturated carbocycles. The molecule has 3 heteroatoms. The van der Waals surface area contributed by atoms with Crippen molar-refractivity contribution < 1.29 is 9.90 Å². The van der Waals surface area contributed by atoms with E-state index in [0.29, 0.717) is 0 Å². The highest BCUT2D eigenvalue weighted by atomic mass is 16.4. The maximum atomic E-state index is 11.0. The third kappa shape index (κ3) is 2.91. The van der Waals surface area contributed by atoms with E-state index >= 15 is 0 Å². The second-order valence-corrected chi connectivity index (χ2v) is 5.22. The molecular formula is C16H23NO2. The summed E-state index contributed by atoms with van der Waals surface area (Å²) in [5.41, 5.74) is 3.99. The van der Waals surface area contributed by atoms with E-state index in [1.807, 2.05) is 0 Å². The maximum absolute atomic E-state index is 11.0. The fourth-order valence-electron chi connectivity index (χ4n) is 3.13. The molecule has 1 unspecified atom stereocenters. The van der Waals surface area contributed by atoms with Crippen LogP contribution in [0, 0.1) is 0 Å². The molecule has 1 heterocycles. The van der Waals surface area contributed by atoms with Crippen LogP contribution in [0.3, 0.4) is 0 Å². The molecule has 0 radical (unpaired) electrons. The zero-order chi connectivity index (χ0) is 13.8. The lowest BCUT2D eigenvalue weighted by molar-refractivity contribution is -0.137. The Kier molecular flexibility index (Phi) is 4.46. The molecule has 0 spiro atoms. The first-order valence-electron chi connectivity index (χ1n) is 7.26. The summed E-state index contributed by atoms with van der Waals surface area (Å²) < 4.78 is 0. The number of carboxylic acid groups (broad SMARTS) is 1. The molecule has 1 N–H and O–H groups in total. The minimum absolute atomic E-state index is 0.162. The van der Waals surface area contributed by atoms with Gasteiger partial charge in [0.15, 0.2) is 0 Å². The number of para-hydroxylation sites is 1. The molecule has 1 aromatic rings. The van der Waals surface area contributed by atoms with Gasteiger partial charge in [-0.25, -0.2) is 0 Å². The van der Waals surface area contributed by atoms with Crippen molar-refractivity contribution >= 4 is 11.7 Å². The second-order valence-electron chi connectivity index (χ2n) is 5.22. The molecule has 104 valence electrons. The van der Waals surface area contributed by atoms with Crippen molar-refractivity contribution in [3.05, 3.63) is 29.3 Å². The number of hydrogen-bond donors (Lipinski definition) is 1. The Hall–Kier alpha value is -1.51. The molecule has 1 atom stereocenters. The van der Waals surface area contributed by atoms with Gasteiger partial charge in [0.2, 0.25) is 0 Å². The van der Waals surface area contributed by atoms with E-state index in [2.05, 4.69) is 36.9 Å². The Balaban J connectivity index is 2.36. The molecule has 2 rings (SSSR count). The zero-order valence-electron chi connectivity index (χ0n) is 11.9. The van der Waals surface area contributed by atoms with Crippen LogP contribution in [0.5, 0.6) is 0 Å². The van der Waals surface area contributed by atoms with E-state index < -0.39 is 5.97 Å². The molecule has 1 aromatic carbocycles. The van der Waals surface area contributed by atoms with Crippen molar-refractivity contribution in [3.8, 4) is 0 Å². The van der Waals surface area contributed by atoms with Gasteiger partial charge in [0.25, 0.3) is 0 Å². The predicted molar refractivity (Wildman–Crippen MR) is 77.8 cm³/mol. The summed E-state index contributed by atoms with van der Waals surface area (Å²) in [6, 6.07) is 6.62. The van der Waals surface area contributed by atoms with E-state index in [-0.39, 0.29) is 12.5 Å². The number of carbonyl (C=O) groups is 1. The lowest BCUT2D eigenvalue weighted by atomic mass is 10.0. The number of aryl methyl sites for hydroxylation is 2. The number of aliphatic carboxylic acids is 1. The maximum Gasteiger partial charge on any atom is 0.305 e. The van der Waals surface area contributed by atoms with Gasteiger partial charge in [-0.05, 0) is 36.8 Å². The minimum Gasteiger partial charge on any atom is -0.481 e. The van der Waals surface area contributed by atoms with E-state index in [0.717, 1.165) is 32.2 Å². The van der Waals surface area contributed by atoms with Crippen molar-refractivity contribution in [2.45, 2.75) is 52.0 Å². The van der Waals surface area contributed by atoms with Crippen molar-refractivity contribution in [2.75, 3.05) is 11.4 Å². The van der Waals surface area contributed by atoms with Crippen molar-refractivity contribution in [2.24, 2.45) is 0 Å². The molecular weight excluding hydrogens is 238 g/mol. The van der Waals surface area contributed by atoms with Crippen molar-refractivity contribution in [3.63, 3.8) is 0 Å². The topological polar surface area (TPSA) is 40.5 Å². The van der Waals surface area contributed by atoms with E-state index in [1.165, 1.54) is 16.8 Å². The highest BCUT2D eigenvalue weighted by Gasteiger charge is 2.29. The van der Waals surface area contributed by atoms with Crippen molar-refractivity contribution in [1.29, 1.82) is 0 Å². The monoisotopic (exact) mass is 261 g/mol. The van der Waals surface area contributed by atoms with Crippen LogP contribution >= 0.6 is 0 Å². The summed E-state index contributed by atoms with van der Waals surface area (Å²) >= 11 is 0. The Bertz CT molecular complexity index is 434. The van der Waals surface area contributed by atoms with Crippen LogP contribution < -0.4 is 4.90 Å². The Labute approximate surface area is 115 Å². The van der Waals surface area contributed by atoms with Crippen LogP contribution in [0.4, 0.5) is 5.69 Å². The van der Waals surface area contributed by atoms with Crippen LogP contribution in [-0.2, 0) is 17.6 Å². The molecule has 0 bridgehead atoms. The average Bonchev–Trinajstić information content (AvgIpc) is 2.84. The van der Waals surface area contributed by atoms with Gasteiger partial charge in [0, 0.05) is 18.3 Å². The van der Waals surface area contributed by atoms with Crippen molar-refractivity contribution in [1.82, 2.24) is 0 Å². The lowest BCUT2D eigenvalue weighted by Crippen LogP contribution is -2.32. The van der Waals surface area contributed by atoms with Gasteiger partial charge >= 0.3 is 5.97 Å². The third-order valence-electron chi connectivity index (χ3n) is 4.04. The molecule has 3 nitrogen and oxygen atoms in total. The first-order valence-corrected chi connectivity index (χ1v) is 7.26. The highest BCUT2D eigenvalue weighted by molar-refractivity contribution is 5.70. The van der Waals surface area contributed by atoms with Gasteiger partial charge in [-0.1, -0.05) is 32.0 Å². The minimum atomic E-state index is -0.691. The predicted octanol–water partition coefficient (Wildman–Crippen LogP) is 3.25. The fraction of sp³-hybridized carbons (Fsp3) is 0.562. The molecule has 1 aliphatic rings. The first kappa shape index (κ1) is 13.9. The van der Waals surface area contributed by atoms with E-state index in [4.69, 9.17) is 5.11 Å². The zero-order valence-corrected chi connectivity index (χ0v) is 11.9. The summed E-state index contributed by atoms with van der Waals surface area (Å²) in [6.45, 7) is 5.32. The van der Waals surface area contributed by atoms with E-state index in [1.54, 1.807) is 0 Å². The normalized spacial score (nSPS) is 18.8. The number of anilines is 1.